The molecular formula is C17H25NO. The molecule has 3 atom stereocenters. The van der Waals surface area contributed by atoms with Gasteiger partial charge < -0.3 is 10.1 Å². The van der Waals surface area contributed by atoms with Gasteiger partial charge in [0.2, 0.25) is 0 Å². The fourth-order valence-electron chi connectivity index (χ4n) is 3.72. The van der Waals surface area contributed by atoms with E-state index in [2.05, 4.69) is 49.5 Å². The SMILES string of the molecule is CC1(C)CCCC2NC(Cc3ccccc3)COC21. The normalized spacial score (nSPS) is 33.7. The summed E-state index contributed by atoms with van der Waals surface area (Å²) in [6.07, 6.45) is 5.35. The van der Waals surface area contributed by atoms with Gasteiger partial charge in [0.15, 0.2) is 0 Å². The molecule has 104 valence electrons. The number of nitrogens with one attached hydrogen (secondary N) is 1. The third kappa shape index (κ3) is 2.85. The predicted octanol–water partition coefficient (Wildman–Crippen LogP) is 3.16. The van der Waals surface area contributed by atoms with E-state index < -0.39 is 0 Å². The summed E-state index contributed by atoms with van der Waals surface area (Å²) in [5.41, 5.74) is 1.73. The molecule has 1 aliphatic heterocycles. The van der Waals surface area contributed by atoms with E-state index in [1.54, 1.807) is 0 Å². The quantitative estimate of drug-likeness (QED) is 0.881. The standard InChI is InChI=1S/C17H25NO/c1-17(2)10-6-9-15-16(17)19-12-14(18-15)11-13-7-4-3-5-8-13/h3-5,7-8,14-16,18H,6,9-12H2,1-2H3. The second-order valence-corrected chi connectivity index (χ2v) is 6.79. The molecule has 3 unspecified atom stereocenters. The van der Waals surface area contributed by atoms with Crippen LogP contribution in [0.1, 0.15) is 38.7 Å². The van der Waals surface area contributed by atoms with Crippen LogP contribution in [0.25, 0.3) is 0 Å². The van der Waals surface area contributed by atoms with Crippen molar-refractivity contribution in [1.29, 1.82) is 0 Å². The van der Waals surface area contributed by atoms with Crippen molar-refractivity contribution < 1.29 is 4.74 Å². The number of benzene rings is 1. The summed E-state index contributed by atoms with van der Waals surface area (Å²) in [6.45, 7) is 5.55. The van der Waals surface area contributed by atoms with Gasteiger partial charge >= 0.3 is 0 Å². The summed E-state index contributed by atoms with van der Waals surface area (Å²) in [5.74, 6) is 0. The molecule has 2 heteroatoms. The second-order valence-electron chi connectivity index (χ2n) is 6.79. The highest BCUT2D eigenvalue weighted by Gasteiger charge is 2.43. The molecule has 1 aromatic carbocycles. The van der Waals surface area contributed by atoms with Gasteiger partial charge in [-0.3, -0.25) is 0 Å². The van der Waals surface area contributed by atoms with Gasteiger partial charge in [0.25, 0.3) is 0 Å². The lowest BCUT2D eigenvalue weighted by Crippen LogP contribution is -2.60. The Morgan fingerprint density at radius 2 is 2.05 bits per heavy atom. The van der Waals surface area contributed by atoms with Crippen molar-refractivity contribution >= 4 is 0 Å². The van der Waals surface area contributed by atoms with Crippen molar-refractivity contribution in [3.8, 4) is 0 Å². The van der Waals surface area contributed by atoms with E-state index in [9.17, 15) is 0 Å². The zero-order valence-electron chi connectivity index (χ0n) is 12.1. The second kappa shape index (κ2) is 5.26. The molecule has 2 fully saturated rings. The van der Waals surface area contributed by atoms with E-state index in [1.165, 1.54) is 24.8 Å². The van der Waals surface area contributed by atoms with Gasteiger partial charge in [-0.15, -0.1) is 0 Å². The van der Waals surface area contributed by atoms with Gasteiger partial charge in [0.05, 0.1) is 12.7 Å². The van der Waals surface area contributed by atoms with E-state index >= 15 is 0 Å². The maximum atomic E-state index is 6.22. The Morgan fingerprint density at radius 3 is 2.84 bits per heavy atom. The van der Waals surface area contributed by atoms with Crippen molar-refractivity contribution in [2.75, 3.05) is 6.61 Å². The Balaban J connectivity index is 1.63. The molecule has 2 aliphatic rings. The summed E-state index contributed by atoms with van der Waals surface area (Å²) >= 11 is 0. The molecule has 0 amide bonds. The maximum absolute atomic E-state index is 6.22. The zero-order chi connectivity index (χ0) is 13.3. The molecule has 1 N–H and O–H groups in total. The van der Waals surface area contributed by atoms with Gasteiger partial charge in [0.1, 0.15) is 0 Å². The van der Waals surface area contributed by atoms with Crippen molar-refractivity contribution in [2.45, 2.75) is 57.7 Å². The minimum Gasteiger partial charge on any atom is -0.374 e. The van der Waals surface area contributed by atoms with Crippen LogP contribution in [-0.2, 0) is 11.2 Å². The van der Waals surface area contributed by atoms with Gasteiger partial charge in [-0.1, -0.05) is 50.6 Å². The van der Waals surface area contributed by atoms with Crippen LogP contribution in [0, 0.1) is 5.41 Å². The first-order valence-electron chi connectivity index (χ1n) is 7.57. The molecule has 0 aromatic heterocycles. The summed E-state index contributed by atoms with van der Waals surface area (Å²) in [5, 5.41) is 3.83. The first-order chi connectivity index (χ1) is 9.15. The zero-order valence-corrected chi connectivity index (χ0v) is 12.1. The molecule has 1 saturated heterocycles. The van der Waals surface area contributed by atoms with Gasteiger partial charge in [-0.05, 0) is 30.2 Å². The van der Waals surface area contributed by atoms with Crippen molar-refractivity contribution in [2.24, 2.45) is 5.41 Å². The molecule has 19 heavy (non-hydrogen) atoms. The average molecular weight is 259 g/mol. The molecule has 0 radical (unpaired) electrons. The molecule has 1 aromatic rings. The topological polar surface area (TPSA) is 21.3 Å². The largest absolute Gasteiger partial charge is 0.374 e. The number of hydrogen-bond acceptors (Lipinski definition) is 2. The van der Waals surface area contributed by atoms with E-state index in [0.29, 0.717) is 23.6 Å². The highest BCUT2D eigenvalue weighted by molar-refractivity contribution is 5.16. The fraction of sp³-hybridized carbons (Fsp3) is 0.647. The van der Waals surface area contributed by atoms with E-state index in [1.807, 2.05) is 0 Å². The Bertz CT molecular complexity index is 415. The Morgan fingerprint density at radius 1 is 1.26 bits per heavy atom. The lowest BCUT2D eigenvalue weighted by Gasteiger charge is -2.48. The van der Waals surface area contributed by atoms with Crippen LogP contribution in [0.5, 0.6) is 0 Å². The highest BCUT2D eigenvalue weighted by atomic mass is 16.5. The Hall–Kier alpha value is -0.860. The Kier molecular flexibility index (Phi) is 3.64. The average Bonchev–Trinajstić information content (AvgIpc) is 2.39. The van der Waals surface area contributed by atoms with Crippen LogP contribution < -0.4 is 5.32 Å². The smallest absolute Gasteiger partial charge is 0.0779 e. The molecule has 2 nitrogen and oxygen atoms in total. The van der Waals surface area contributed by atoms with E-state index in [-0.39, 0.29) is 0 Å². The summed E-state index contributed by atoms with van der Waals surface area (Å²) < 4.78 is 6.22. The summed E-state index contributed by atoms with van der Waals surface area (Å²) in [4.78, 5) is 0. The molecular weight excluding hydrogens is 234 g/mol. The lowest BCUT2D eigenvalue weighted by atomic mass is 9.71. The number of morpholine rings is 1. The third-order valence-corrected chi connectivity index (χ3v) is 4.72. The van der Waals surface area contributed by atoms with Crippen molar-refractivity contribution in [3.05, 3.63) is 35.9 Å². The molecule has 1 heterocycles. The summed E-state index contributed by atoms with van der Waals surface area (Å²) in [7, 11) is 0. The lowest BCUT2D eigenvalue weighted by molar-refractivity contribution is -0.107. The Labute approximate surface area is 116 Å². The van der Waals surface area contributed by atoms with Gasteiger partial charge in [-0.25, -0.2) is 0 Å². The molecule has 0 spiro atoms. The molecule has 1 aliphatic carbocycles. The molecule has 1 saturated carbocycles. The van der Waals surface area contributed by atoms with Crippen LogP contribution in [-0.4, -0.2) is 24.8 Å². The third-order valence-electron chi connectivity index (χ3n) is 4.72. The predicted molar refractivity (Wildman–Crippen MR) is 78.2 cm³/mol. The van der Waals surface area contributed by atoms with Crippen LogP contribution >= 0.6 is 0 Å². The van der Waals surface area contributed by atoms with Crippen LogP contribution in [0.2, 0.25) is 0 Å². The van der Waals surface area contributed by atoms with Gasteiger partial charge in [0, 0.05) is 12.1 Å². The number of rotatable bonds is 2. The number of hydrogen-bond donors (Lipinski definition) is 1. The highest BCUT2D eigenvalue weighted by Crippen LogP contribution is 2.39. The minimum atomic E-state index is 0.327. The monoisotopic (exact) mass is 259 g/mol. The molecule has 3 rings (SSSR count). The van der Waals surface area contributed by atoms with Crippen molar-refractivity contribution in [3.63, 3.8) is 0 Å². The van der Waals surface area contributed by atoms with Crippen LogP contribution in [0.3, 0.4) is 0 Å². The van der Waals surface area contributed by atoms with Crippen molar-refractivity contribution in [1.82, 2.24) is 5.32 Å². The van der Waals surface area contributed by atoms with Crippen LogP contribution in [0.4, 0.5) is 0 Å². The maximum Gasteiger partial charge on any atom is 0.0779 e. The number of ether oxygens (including phenoxy) is 1. The first-order valence-corrected chi connectivity index (χ1v) is 7.57. The first kappa shape index (κ1) is 13.1. The van der Waals surface area contributed by atoms with E-state index in [0.717, 1.165) is 13.0 Å². The molecule has 0 bridgehead atoms. The van der Waals surface area contributed by atoms with E-state index in [4.69, 9.17) is 4.74 Å². The van der Waals surface area contributed by atoms with Gasteiger partial charge in [-0.2, -0.15) is 0 Å². The fourth-order valence-corrected chi connectivity index (χ4v) is 3.72. The number of fused-ring (bicyclic) bond motifs is 1. The minimum absolute atomic E-state index is 0.327. The van der Waals surface area contributed by atoms with Crippen LogP contribution in [0.15, 0.2) is 30.3 Å². The summed E-state index contributed by atoms with van der Waals surface area (Å²) in [6, 6.07) is 11.7.